The summed E-state index contributed by atoms with van der Waals surface area (Å²) in [6.45, 7) is 4.21. The van der Waals surface area contributed by atoms with Gasteiger partial charge in [-0.15, -0.1) is 0 Å². The highest BCUT2D eigenvalue weighted by atomic mass is 16.1. The summed E-state index contributed by atoms with van der Waals surface area (Å²) < 4.78 is 1.90. The van der Waals surface area contributed by atoms with E-state index in [-0.39, 0.29) is 17.2 Å². The van der Waals surface area contributed by atoms with Gasteiger partial charge in [0, 0.05) is 55.5 Å². The lowest BCUT2D eigenvalue weighted by Crippen LogP contribution is -2.48. The molecule has 0 aliphatic carbocycles. The number of pyridine rings is 1. The van der Waals surface area contributed by atoms with E-state index in [9.17, 15) is 14.4 Å². The summed E-state index contributed by atoms with van der Waals surface area (Å²) in [5.41, 5.74) is 2.51. The summed E-state index contributed by atoms with van der Waals surface area (Å²) in [5.74, 6) is 0.663. The maximum Gasteiger partial charge on any atom is 0.250 e. The van der Waals surface area contributed by atoms with Crippen LogP contribution in [0.5, 0.6) is 0 Å². The fourth-order valence-corrected chi connectivity index (χ4v) is 4.36. The highest BCUT2D eigenvalue weighted by Crippen LogP contribution is 2.34. The monoisotopic (exact) mass is 365 g/mol. The van der Waals surface area contributed by atoms with Crippen LogP contribution < -0.4 is 10.9 Å². The van der Waals surface area contributed by atoms with E-state index in [1.54, 1.807) is 30.3 Å². The molecule has 2 bridgehead atoms. The number of benzene rings is 1. The normalized spacial score (nSPS) is 21.4. The zero-order valence-corrected chi connectivity index (χ0v) is 15.4. The van der Waals surface area contributed by atoms with Crippen molar-refractivity contribution in [1.82, 2.24) is 9.47 Å². The second kappa shape index (κ2) is 7.12. The van der Waals surface area contributed by atoms with Crippen LogP contribution in [0.25, 0.3) is 0 Å². The van der Waals surface area contributed by atoms with E-state index in [0.717, 1.165) is 31.7 Å². The quantitative estimate of drug-likeness (QED) is 0.843. The summed E-state index contributed by atoms with van der Waals surface area (Å²) in [6, 6.07) is 12.5. The SMILES string of the molecule is CC(=O)Nc1ccc(C(=O)CN2C[C@@H]3C[C@H](C2)c2cccc(=O)n2C3)cc1. The van der Waals surface area contributed by atoms with Crippen LogP contribution in [0, 0.1) is 5.92 Å². The predicted octanol–water partition coefficient (Wildman–Crippen LogP) is 2.11. The first-order chi connectivity index (χ1) is 13.0. The maximum atomic E-state index is 12.7. The Morgan fingerprint density at radius 1 is 1.07 bits per heavy atom. The Hall–Kier alpha value is -2.73. The number of Topliss-reactive ketones (excluding diaryl/α,β-unsaturated/α-hetero) is 1. The number of fused-ring (bicyclic) bond motifs is 4. The topological polar surface area (TPSA) is 71.4 Å². The van der Waals surface area contributed by atoms with Crippen LogP contribution in [0.4, 0.5) is 5.69 Å². The smallest absolute Gasteiger partial charge is 0.250 e. The molecular formula is C21H23N3O3. The molecule has 1 aromatic heterocycles. The summed E-state index contributed by atoms with van der Waals surface area (Å²) in [6.07, 6.45) is 1.08. The van der Waals surface area contributed by atoms with Crippen LogP contribution in [0.3, 0.4) is 0 Å². The van der Waals surface area contributed by atoms with Crippen molar-refractivity contribution in [3.05, 3.63) is 64.1 Å². The average Bonchev–Trinajstić information content (AvgIpc) is 2.63. The lowest BCUT2D eigenvalue weighted by molar-refractivity contribution is -0.114. The maximum absolute atomic E-state index is 12.7. The largest absolute Gasteiger partial charge is 0.326 e. The molecule has 1 saturated heterocycles. The van der Waals surface area contributed by atoms with Crippen molar-refractivity contribution in [2.75, 3.05) is 25.0 Å². The molecular weight excluding hydrogens is 342 g/mol. The van der Waals surface area contributed by atoms with Crippen LogP contribution in [-0.2, 0) is 11.3 Å². The number of anilines is 1. The molecule has 0 radical (unpaired) electrons. The number of aromatic nitrogens is 1. The Kier molecular flexibility index (Phi) is 4.66. The van der Waals surface area contributed by atoms with Gasteiger partial charge in [0.1, 0.15) is 0 Å². The number of rotatable bonds is 4. The summed E-state index contributed by atoms with van der Waals surface area (Å²) in [7, 11) is 0. The second-order valence-electron chi connectivity index (χ2n) is 7.57. The Balaban J connectivity index is 1.44. The highest BCUT2D eigenvalue weighted by molar-refractivity contribution is 5.98. The lowest BCUT2D eigenvalue weighted by Gasteiger charge is -2.42. The lowest BCUT2D eigenvalue weighted by atomic mass is 9.83. The van der Waals surface area contributed by atoms with Gasteiger partial charge >= 0.3 is 0 Å². The van der Waals surface area contributed by atoms with E-state index in [2.05, 4.69) is 10.2 Å². The van der Waals surface area contributed by atoms with Crippen LogP contribution in [-0.4, -0.2) is 40.8 Å². The molecule has 1 aromatic carbocycles. The van der Waals surface area contributed by atoms with Gasteiger partial charge in [0.05, 0.1) is 6.54 Å². The average molecular weight is 365 g/mol. The van der Waals surface area contributed by atoms with Crippen molar-refractivity contribution in [1.29, 1.82) is 0 Å². The van der Waals surface area contributed by atoms with E-state index in [1.165, 1.54) is 6.92 Å². The highest BCUT2D eigenvalue weighted by Gasteiger charge is 2.34. The minimum atomic E-state index is -0.131. The van der Waals surface area contributed by atoms with E-state index in [1.807, 2.05) is 16.7 Å². The number of nitrogens with one attached hydrogen (secondary N) is 1. The third-order valence-corrected chi connectivity index (χ3v) is 5.45. The number of hydrogen-bond acceptors (Lipinski definition) is 4. The van der Waals surface area contributed by atoms with Crippen LogP contribution in [0.15, 0.2) is 47.3 Å². The molecule has 2 aliphatic heterocycles. The molecule has 0 unspecified atom stereocenters. The third-order valence-electron chi connectivity index (χ3n) is 5.45. The number of likely N-dealkylation sites (tertiary alicyclic amines) is 1. The number of piperidine rings is 1. The van der Waals surface area contributed by atoms with E-state index >= 15 is 0 Å². The number of ketones is 1. The molecule has 140 valence electrons. The third kappa shape index (κ3) is 3.71. The van der Waals surface area contributed by atoms with Gasteiger partial charge in [-0.2, -0.15) is 0 Å². The molecule has 2 aliphatic rings. The summed E-state index contributed by atoms with van der Waals surface area (Å²) in [4.78, 5) is 38.1. The van der Waals surface area contributed by atoms with Crippen LogP contribution in [0.1, 0.15) is 35.3 Å². The van der Waals surface area contributed by atoms with Gasteiger partial charge in [0.15, 0.2) is 5.78 Å². The fourth-order valence-electron chi connectivity index (χ4n) is 4.36. The molecule has 0 spiro atoms. The number of carbonyl (C=O) groups excluding carboxylic acids is 2. The van der Waals surface area contributed by atoms with Crippen molar-refractivity contribution < 1.29 is 9.59 Å². The molecule has 6 nitrogen and oxygen atoms in total. The van der Waals surface area contributed by atoms with Gasteiger partial charge in [0.2, 0.25) is 5.91 Å². The van der Waals surface area contributed by atoms with E-state index in [0.29, 0.717) is 29.6 Å². The van der Waals surface area contributed by atoms with Crippen molar-refractivity contribution in [3.63, 3.8) is 0 Å². The molecule has 2 aromatic rings. The van der Waals surface area contributed by atoms with Gasteiger partial charge in [-0.05, 0) is 42.7 Å². The van der Waals surface area contributed by atoms with Crippen molar-refractivity contribution in [2.45, 2.75) is 25.8 Å². The van der Waals surface area contributed by atoms with Gasteiger partial charge in [-0.1, -0.05) is 6.07 Å². The number of nitrogens with zero attached hydrogens (tertiary/aromatic N) is 2. The van der Waals surface area contributed by atoms with Crippen LogP contribution >= 0.6 is 0 Å². The molecule has 27 heavy (non-hydrogen) atoms. The fraction of sp³-hybridized carbons (Fsp3) is 0.381. The Morgan fingerprint density at radius 2 is 1.85 bits per heavy atom. The zero-order valence-electron chi connectivity index (χ0n) is 15.4. The number of hydrogen-bond donors (Lipinski definition) is 1. The van der Waals surface area contributed by atoms with Crippen molar-refractivity contribution >= 4 is 17.4 Å². The van der Waals surface area contributed by atoms with Crippen molar-refractivity contribution in [2.24, 2.45) is 5.92 Å². The molecule has 6 heteroatoms. The molecule has 1 N–H and O–H groups in total. The summed E-state index contributed by atoms with van der Waals surface area (Å²) >= 11 is 0. The first-order valence-electron chi connectivity index (χ1n) is 9.32. The summed E-state index contributed by atoms with van der Waals surface area (Å²) in [5, 5.41) is 2.70. The molecule has 3 heterocycles. The first-order valence-corrected chi connectivity index (χ1v) is 9.32. The second-order valence-corrected chi connectivity index (χ2v) is 7.57. The minimum Gasteiger partial charge on any atom is -0.326 e. The van der Waals surface area contributed by atoms with E-state index < -0.39 is 0 Å². The van der Waals surface area contributed by atoms with Gasteiger partial charge < -0.3 is 9.88 Å². The van der Waals surface area contributed by atoms with Crippen molar-refractivity contribution in [3.8, 4) is 0 Å². The van der Waals surface area contributed by atoms with Crippen LogP contribution in [0.2, 0.25) is 0 Å². The Bertz CT molecular complexity index is 932. The number of amides is 1. The Labute approximate surface area is 157 Å². The molecule has 4 rings (SSSR count). The van der Waals surface area contributed by atoms with Gasteiger partial charge in [-0.3, -0.25) is 19.3 Å². The minimum absolute atomic E-state index is 0.0750. The van der Waals surface area contributed by atoms with Gasteiger partial charge in [0.25, 0.3) is 5.56 Å². The number of carbonyl (C=O) groups is 2. The molecule has 1 fully saturated rings. The zero-order chi connectivity index (χ0) is 19.0. The molecule has 2 atom stereocenters. The van der Waals surface area contributed by atoms with Gasteiger partial charge in [-0.25, -0.2) is 0 Å². The van der Waals surface area contributed by atoms with E-state index in [4.69, 9.17) is 0 Å². The predicted molar refractivity (Wildman–Crippen MR) is 103 cm³/mol. The Morgan fingerprint density at radius 3 is 2.59 bits per heavy atom. The molecule has 0 saturated carbocycles. The standard InChI is InChI=1S/C21H23N3O3/c1-14(25)22-18-7-5-16(6-8-18)20(26)13-23-10-15-9-17(12-23)19-3-2-4-21(27)24(19)11-15/h2-8,15,17H,9-13H2,1H3,(H,22,25)/t15-,17+/m0/s1. The first kappa shape index (κ1) is 17.7. The molecule has 1 amide bonds.